The molecule has 0 aliphatic carbocycles. The van der Waals surface area contributed by atoms with Crippen LogP contribution in [0.4, 0.5) is 4.79 Å². The molecule has 1 aromatic carbocycles. The first-order chi connectivity index (χ1) is 9.04. The smallest absolute Gasteiger partial charge is 0.315 e. The van der Waals surface area contributed by atoms with Gasteiger partial charge in [-0.05, 0) is 11.5 Å². The van der Waals surface area contributed by atoms with Crippen LogP contribution in [-0.4, -0.2) is 23.1 Å². The first-order valence-electron chi connectivity index (χ1n) is 6.10. The minimum Gasteiger partial charge on any atom is -0.409 e. The van der Waals surface area contributed by atoms with Crippen LogP contribution in [0.3, 0.4) is 0 Å². The Balaban J connectivity index is 2.50. The van der Waals surface area contributed by atoms with Crippen molar-refractivity contribution < 1.29 is 10.0 Å². The molecule has 6 heteroatoms. The fourth-order valence-electron chi connectivity index (χ4n) is 1.61. The van der Waals surface area contributed by atoms with E-state index in [1.54, 1.807) is 0 Å². The van der Waals surface area contributed by atoms with Crippen LogP contribution in [0.1, 0.15) is 19.4 Å². The second-order valence-corrected chi connectivity index (χ2v) is 4.56. The average molecular weight is 264 g/mol. The summed E-state index contributed by atoms with van der Waals surface area (Å²) in [6.07, 6.45) is 0. The first kappa shape index (κ1) is 14.8. The van der Waals surface area contributed by atoms with E-state index in [-0.39, 0.29) is 17.8 Å². The lowest BCUT2D eigenvalue weighted by molar-refractivity contribution is 0.236. The number of hydrogen-bond acceptors (Lipinski definition) is 3. The van der Waals surface area contributed by atoms with Gasteiger partial charge in [-0.15, -0.1) is 0 Å². The molecule has 5 N–H and O–H groups in total. The first-order valence-corrected chi connectivity index (χ1v) is 6.10. The molecule has 1 rings (SSSR count). The summed E-state index contributed by atoms with van der Waals surface area (Å²) in [7, 11) is 0. The molecular formula is C13H20N4O2. The molecule has 19 heavy (non-hydrogen) atoms. The molecule has 0 aliphatic heterocycles. The third kappa shape index (κ3) is 4.87. The summed E-state index contributed by atoms with van der Waals surface area (Å²) >= 11 is 0. The maximum atomic E-state index is 11.7. The maximum Gasteiger partial charge on any atom is 0.315 e. The Morgan fingerprint density at radius 1 is 1.37 bits per heavy atom. The Bertz CT molecular complexity index is 432. The van der Waals surface area contributed by atoms with Gasteiger partial charge < -0.3 is 21.6 Å². The van der Waals surface area contributed by atoms with E-state index in [2.05, 4.69) is 15.8 Å². The Hall–Kier alpha value is -2.24. The third-order valence-corrected chi connectivity index (χ3v) is 2.68. The SMILES string of the molecule is CC(C)C(NC(=O)NCc1ccccc1)/C(N)=N/O. The summed E-state index contributed by atoms with van der Waals surface area (Å²) in [5, 5.41) is 17.0. The quantitative estimate of drug-likeness (QED) is 0.279. The standard InChI is InChI=1S/C13H20N4O2/c1-9(2)11(12(14)17-19)16-13(18)15-8-10-6-4-3-5-7-10/h3-7,9,11,19H,8H2,1-2H3,(H2,14,17)(H2,15,16,18). The molecule has 0 saturated carbocycles. The monoisotopic (exact) mass is 264 g/mol. The van der Waals surface area contributed by atoms with E-state index in [0.29, 0.717) is 6.54 Å². The van der Waals surface area contributed by atoms with Crippen LogP contribution >= 0.6 is 0 Å². The zero-order valence-corrected chi connectivity index (χ0v) is 11.1. The molecule has 0 aromatic heterocycles. The van der Waals surface area contributed by atoms with E-state index in [1.165, 1.54) is 0 Å². The zero-order chi connectivity index (χ0) is 14.3. The maximum absolute atomic E-state index is 11.7. The molecule has 0 spiro atoms. The molecule has 0 heterocycles. The second-order valence-electron chi connectivity index (χ2n) is 4.56. The predicted molar refractivity (Wildman–Crippen MR) is 73.8 cm³/mol. The molecule has 1 aromatic rings. The number of benzene rings is 1. The molecule has 104 valence electrons. The Morgan fingerprint density at radius 2 is 2.00 bits per heavy atom. The van der Waals surface area contributed by atoms with Crippen molar-refractivity contribution in [1.82, 2.24) is 10.6 Å². The highest BCUT2D eigenvalue weighted by Gasteiger charge is 2.20. The number of nitrogens with two attached hydrogens (primary N) is 1. The van der Waals surface area contributed by atoms with Crippen LogP contribution < -0.4 is 16.4 Å². The molecule has 1 atom stereocenters. The summed E-state index contributed by atoms with van der Waals surface area (Å²) < 4.78 is 0. The fourth-order valence-corrected chi connectivity index (χ4v) is 1.61. The van der Waals surface area contributed by atoms with E-state index in [4.69, 9.17) is 10.9 Å². The van der Waals surface area contributed by atoms with Crippen molar-refractivity contribution >= 4 is 11.9 Å². The summed E-state index contributed by atoms with van der Waals surface area (Å²) in [6, 6.07) is 8.71. The van der Waals surface area contributed by atoms with Crippen molar-refractivity contribution in [2.75, 3.05) is 0 Å². The molecule has 0 radical (unpaired) electrons. The number of nitrogens with one attached hydrogen (secondary N) is 2. The van der Waals surface area contributed by atoms with Gasteiger partial charge in [0, 0.05) is 6.54 Å². The minimum atomic E-state index is -0.499. The van der Waals surface area contributed by atoms with Crippen LogP contribution in [0.5, 0.6) is 0 Å². The summed E-state index contributed by atoms with van der Waals surface area (Å²) in [5.74, 6) is 0.0169. The normalized spacial score (nSPS) is 13.1. The van der Waals surface area contributed by atoms with Gasteiger partial charge in [0.15, 0.2) is 5.84 Å². The second kappa shape index (κ2) is 7.25. The lowest BCUT2D eigenvalue weighted by Crippen LogP contribution is -2.51. The summed E-state index contributed by atoms with van der Waals surface area (Å²) in [4.78, 5) is 11.7. The number of rotatable bonds is 5. The van der Waals surface area contributed by atoms with E-state index >= 15 is 0 Å². The van der Waals surface area contributed by atoms with Gasteiger partial charge in [-0.2, -0.15) is 0 Å². The summed E-state index contributed by atoms with van der Waals surface area (Å²) in [6.45, 7) is 4.17. The van der Waals surface area contributed by atoms with Crippen LogP contribution in [0.15, 0.2) is 35.5 Å². The fraction of sp³-hybridized carbons (Fsp3) is 0.385. The van der Waals surface area contributed by atoms with Gasteiger partial charge in [0.2, 0.25) is 0 Å². The molecular weight excluding hydrogens is 244 g/mol. The van der Waals surface area contributed by atoms with Crippen LogP contribution in [0, 0.1) is 5.92 Å². The van der Waals surface area contributed by atoms with Gasteiger partial charge in [0.1, 0.15) is 0 Å². The van der Waals surface area contributed by atoms with E-state index in [0.717, 1.165) is 5.56 Å². The highest BCUT2D eigenvalue weighted by atomic mass is 16.4. The highest BCUT2D eigenvalue weighted by Crippen LogP contribution is 2.02. The lowest BCUT2D eigenvalue weighted by Gasteiger charge is -2.21. The Kier molecular flexibility index (Phi) is 5.66. The topological polar surface area (TPSA) is 99.7 Å². The zero-order valence-electron chi connectivity index (χ0n) is 11.1. The number of carbonyl (C=O) groups is 1. The number of hydrogen-bond donors (Lipinski definition) is 4. The lowest BCUT2D eigenvalue weighted by atomic mass is 10.0. The largest absolute Gasteiger partial charge is 0.409 e. The van der Waals surface area contributed by atoms with Crippen molar-refractivity contribution in [2.45, 2.75) is 26.4 Å². The number of carbonyl (C=O) groups excluding carboxylic acids is 1. The van der Waals surface area contributed by atoms with Gasteiger partial charge >= 0.3 is 6.03 Å². The van der Waals surface area contributed by atoms with Crippen molar-refractivity contribution in [3.63, 3.8) is 0 Å². The molecule has 1 unspecified atom stereocenters. The number of nitrogens with zero attached hydrogens (tertiary/aromatic N) is 1. The van der Waals surface area contributed by atoms with Gasteiger partial charge in [-0.1, -0.05) is 49.3 Å². The molecule has 0 bridgehead atoms. The van der Waals surface area contributed by atoms with Crippen LogP contribution in [0.25, 0.3) is 0 Å². The highest BCUT2D eigenvalue weighted by molar-refractivity contribution is 5.89. The van der Waals surface area contributed by atoms with E-state index in [1.807, 2.05) is 44.2 Å². The van der Waals surface area contributed by atoms with E-state index < -0.39 is 6.04 Å². The van der Waals surface area contributed by atoms with Gasteiger partial charge in [0.05, 0.1) is 6.04 Å². The van der Waals surface area contributed by atoms with Gasteiger partial charge in [0.25, 0.3) is 0 Å². The third-order valence-electron chi connectivity index (χ3n) is 2.68. The van der Waals surface area contributed by atoms with Crippen molar-refractivity contribution in [1.29, 1.82) is 0 Å². The number of amidine groups is 1. The Morgan fingerprint density at radius 3 is 2.53 bits per heavy atom. The van der Waals surface area contributed by atoms with Crippen LogP contribution in [0.2, 0.25) is 0 Å². The number of urea groups is 1. The number of amides is 2. The Labute approximate surface area is 112 Å². The number of oxime groups is 1. The molecule has 0 fully saturated rings. The molecule has 6 nitrogen and oxygen atoms in total. The average Bonchev–Trinajstić information content (AvgIpc) is 2.42. The van der Waals surface area contributed by atoms with Gasteiger partial charge in [-0.3, -0.25) is 0 Å². The molecule has 0 saturated heterocycles. The minimum absolute atomic E-state index is 0.00939. The molecule has 0 aliphatic rings. The van der Waals surface area contributed by atoms with Crippen LogP contribution in [-0.2, 0) is 6.54 Å². The molecule has 2 amide bonds. The van der Waals surface area contributed by atoms with Crippen molar-refractivity contribution in [2.24, 2.45) is 16.8 Å². The summed E-state index contributed by atoms with van der Waals surface area (Å²) in [5.41, 5.74) is 6.53. The van der Waals surface area contributed by atoms with E-state index in [9.17, 15) is 4.79 Å². The predicted octanol–water partition coefficient (Wildman–Crippen LogP) is 1.26. The van der Waals surface area contributed by atoms with Gasteiger partial charge in [-0.25, -0.2) is 4.79 Å². The van der Waals surface area contributed by atoms with Crippen molar-refractivity contribution in [3.05, 3.63) is 35.9 Å². The van der Waals surface area contributed by atoms with Crippen molar-refractivity contribution in [3.8, 4) is 0 Å².